The molecule has 0 aliphatic heterocycles. The first-order valence-corrected chi connectivity index (χ1v) is 13.3. The number of carbonyl (C=O) groups excluding carboxylic acids is 1. The smallest absolute Gasteiger partial charge is 0.340 e. The number of para-hydroxylation sites is 1. The number of hydrogen-bond acceptors (Lipinski definition) is 3. The van der Waals surface area contributed by atoms with Crippen molar-refractivity contribution in [2.75, 3.05) is 5.88 Å². The van der Waals surface area contributed by atoms with Crippen molar-refractivity contribution in [1.82, 2.24) is 0 Å². The number of aryl methyl sites for hydroxylation is 2. The lowest BCUT2D eigenvalue weighted by molar-refractivity contribution is -0.130. The van der Waals surface area contributed by atoms with Crippen LogP contribution in [0.3, 0.4) is 0 Å². The molecule has 4 heteroatoms. The van der Waals surface area contributed by atoms with Crippen molar-refractivity contribution < 1.29 is 9.53 Å². The number of alkyl halides is 1. The van der Waals surface area contributed by atoms with Gasteiger partial charge in [0.25, 0.3) is 0 Å². The molecule has 0 unspecified atom stereocenters. The number of halogens is 1. The average molecular weight is 507 g/mol. The Hall–Kier alpha value is -3.66. The van der Waals surface area contributed by atoms with E-state index in [2.05, 4.69) is 73.3 Å². The average Bonchev–Trinajstić information content (AvgIpc) is 3.32. The predicted molar refractivity (Wildman–Crippen MR) is 154 cm³/mol. The standard InChI is InChI=1S/C32H23ClO2S/c1-20(19-33)32(34)35-27-13-7-4-9-22(27)14-15-24-18-23-10-3-6-12-26(23)30-29-25-11-5-2-8-21(25)16-17-28(29)36-31(24)30/h2-13,16-18H,1,14-15,19H2. The Labute approximate surface area is 218 Å². The summed E-state index contributed by atoms with van der Waals surface area (Å²) < 4.78 is 8.25. The van der Waals surface area contributed by atoms with E-state index in [1.54, 1.807) is 0 Å². The van der Waals surface area contributed by atoms with Crippen molar-refractivity contribution in [1.29, 1.82) is 0 Å². The molecular weight excluding hydrogens is 484 g/mol. The predicted octanol–water partition coefficient (Wildman–Crippen LogP) is 8.85. The Bertz CT molecular complexity index is 1800. The lowest BCUT2D eigenvalue weighted by atomic mass is 9.95. The Morgan fingerprint density at radius 1 is 0.778 bits per heavy atom. The summed E-state index contributed by atoms with van der Waals surface area (Å²) in [6.45, 7) is 3.69. The molecular formula is C32H23ClO2S. The largest absolute Gasteiger partial charge is 0.423 e. The van der Waals surface area contributed by atoms with Gasteiger partial charge in [0.2, 0.25) is 0 Å². The molecule has 5 aromatic carbocycles. The molecule has 176 valence electrons. The van der Waals surface area contributed by atoms with Crippen molar-refractivity contribution in [2.24, 2.45) is 0 Å². The summed E-state index contributed by atoms with van der Waals surface area (Å²) >= 11 is 7.63. The van der Waals surface area contributed by atoms with Gasteiger partial charge < -0.3 is 4.74 Å². The number of rotatable bonds is 6. The molecule has 0 fully saturated rings. The van der Waals surface area contributed by atoms with Crippen molar-refractivity contribution in [3.8, 4) is 5.75 Å². The molecule has 0 N–H and O–H groups in total. The molecule has 1 aromatic heterocycles. The summed E-state index contributed by atoms with van der Waals surface area (Å²) in [6.07, 6.45) is 1.58. The fourth-order valence-electron chi connectivity index (χ4n) is 4.95. The van der Waals surface area contributed by atoms with Crippen LogP contribution < -0.4 is 4.74 Å². The van der Waals surface area contributed by atoms with Gasteiger partial charge >= 0.3 is 5.97 Å². The lowest BCUT2D eigenvalue weighted by Gasteiger charge is -2.12. The minimum absolute atomic E-state index is 0.0523. The summed E-state index contributed by atoms with van der Waals surface area (Å²) in [5.74, 6) is 0.131. The molecule has 0 aliphatic rings. The molecule has 0 radical (unpaired) electrons. The summed E-state index contributed by atoms with van der Waals surface area (Å²) in [4.78, 5) is 12.3. The molecule has 36 heavy (non-hydrogen) atoms. The molecule has 6 aromatic rings. The highest BCUT2D eigenvalue weighted by Crippen LogP contribution is 2.44. The zero-order valence-corrected chi connectivity index (χ0v) is 21.2. The monoisotopic (exact) mass is 506 g/mol. The number of esters is 1. The van der Waals surface area contributed by atoms with Crippen LogP contribution in [0.25, 0.3) is 41.7 Å². The van der Waals surface area contributed by atoms with Gasteiger partial charge in [-0.1, -0.05) is 79.4 Å². The first kappa shape index (κ1) is 22.8. The van der Waals surface area contributed by atoms with Gasteiger partial charge in [0, 0.05) is 25.7 Å². The van der Waals surface area contributed by atoms with Crippen LogP contribution >= 0.6 is 22.9 Å². The van der Waals surface area contributed by atoms with Crippen molar-refractivity contribution >= 4 is 70.6 Å². The highest BCUT2D eigenvalue weighted by Gasteiger charge is 2.17. The van der Waals surface area contributed by atoms with Gasteiger partial charge in [-0.15, -0.1) is 22.9 Å². The molecule has 2 nitrogen and oxygen atoms in total. The quantitative estimate of drug-likeness (QED) is 0.0975. The van der Waals surface area contributed by atoms with E-state index in [4.69, 9.17) is 16.3 Å². The zero-order chi connectivity index (χ0) is 24.6. The van der Waals surface area contributed by atoms with E-state index >= 15 is 0 Å². The fraction of sp³-hybridized carbons (Fsp3) is 0.0938. The van der Waals surface area contributed by atoms with Gasteiger partial charge in [-0.25, -0.2) is 4.79 Å². The van der Waals surface area contributed by atoms with Gasteiger partial charge in [0.05, 0.1) is 5.88 Å². The number of hydrogen-bond donors (Lipinski definition) is 0. The summed E-state index contributed by atoms with van der Waals surface area (Å²) in [5.41, 5.74) is 2.54. The SMILES string of the molecule is C=C(CCl)C(=O)Oc1ccccc1CCc1cc2ccccc2c2c1sc1ccc3ccccc3c12. The normalized spacial score (nSPS) is 11.5. The summed E-state index contributed by atoms with van der Waals surface area (Å²) in [7, 11) is 0. The molecule has 6 rings (SSSR count). The van der Waals surface area contributed by atoms with Crippen LogP contribution in [0.2, 0.25) is 0 Å². The number of fused-ring (bicyclic) bond motifs is 7. The van der Waals surface area contributed by atoms with E-state index in [-0.39, 0.29) is 11.5 Å². The molecule has 0 saturated carbocycles. The Kier molecular flexibility index (Phi) is 5.96. The van der Waals surface area contributed by atoms with Crippen LogP contribution in [-0.4, -0.2) is 11.8 Å². The highest BCUT2D eigenvalue weighted by molar-refractivity contribution is 7.26. The van der Waals surface area contributed by atoms with Crippen LogP contribution in [0.15, 0.2) is 103 Å². The molecule has 0 spiro atoms. The van der Waals surface area contributed by atoms with Gasteiger partial charge in [0.1, 0.15) is 5.75 Å². The van der Waals surface area contributed by atoms with Gasteiger partial charge in [-0.3, -0.25) is 0 Å². The third-order valence-electron chi connectivity index (χ3n) is 6.72. The van der Waals surface area contributed by atoms with Crippen LogP contribution in [-0.2, 0) is 17.6 Å². The number of benzene rings is 5. The van der Waals surface area contributed by atoms with Crippen molar-refractivity contribution in [3.63, 3.8) is 0 Å². The van der Waals surface area contributed by atoms with E-state index < -0.39 is 5.97 Å². The minimum Gasteiger partial charge on any atom is -0.423 e. The second-order valence-corrected chi connectivity index (χ2v) is 10.3. The minimum atomic E-state index is -0.484. The second-order valence-electron chi connectivity index (χ2n) is 8.96. The maximum absolute atomic E-state index is 12.3. The molecule has 0 amide bonds. The van der Waals surface area contributed by atoms with E-state index in [1.807, 2.05) is 35.6 Å². The zero-order valence-electron chi connectivity index (χ0n) is 19.6. The van der Waals surface area contributed by atoms with Crippen LogP contribution in [0.1, 0.15) is 11.1 Å². The molecule has 0 bridgehead atoms. The maximum atomic E-state index is 12.3. The van der Waals surface area contributed by atoms with Gasteiger partial charge in [-0.05, 0) is 63.7 Å². The second kappa shape index (κ2) is 9.42. The Balaban J connectivity index is 1.47. The highest BCUT2D eigenvalue weighted by atomic mass is 35.5. The van der Waals surface area contributed by atoms with Crippen molar-refractivity contribution in [2.45, 2.75) is 12.8 Å². The lowest BCUT2D eigenvalue weighted by Crippen LogP contribution is -2.12. The third-order valence-corrected chi connectivity index (χ3v) is 8.27. The van der Waals surface area contributed by atoms with Crippen molar-refractivity contribution in [3.05, 3.63) is 114 Å². The number of thiophene rings is 1. The van der Waals surface area contributed by atoms with Crippen LogP contribution in [0.4, 0.5) is 0 Å². The molecule has 0 atom stereocenters. The van der Waals surface area contributed by atoms with Crippen LogP contribution in [0.5, 0.6) is 5.75 Å². The first-order valence-electron chi connectivity index (χ1n) is 11.9. The third kappa shape index (κ3) is 3.95. The number of ether oxygens (including phenoxy) is 1. The van der Waals surface area contributed by atoms with Gasteiger partial charge in [0.15, 0.2) is 0 Å². The van der Waals surface area contributed by atoms with E-state index in [0.29, 0.717) is 5.75 Å². The molecule has 0 saturated heterocycles. The van der Waals surface area contributed by atoms with E-state index in [0.717, 1.165) is 18.4 Å². The maximum Gasteiger partial charge on any atom is 0.340 e. The first-order chi connectivity index (χ1) is 17.6. The van der Waals surface area contributed by atoms with Crippen LogP contribution in [0, 0.1) is 0 Å². The topological polar surface area (TPSA) is 26.3 Å². The fourth-order valence-corrected chi connectivity index (χ4v) is 6.33. The number of carbonyl (C=O) groups is 1. The van der Waals surface area contributed by atoms with E-state index in [9.17, 15) is 4.79 Å². The van der Waals surface area contributed by atoms with E-state index in [1.165, 1.54) is 47.3 Å². The van der Waals surface area contributed by atoms with Gasteiger partial charge in [-0.2, -0.15) is 0 Å². The Morgan fingerprint density at radius 2 is 1.44 bits per heavy atom. The molecule has 0 aliphatic carbocycles. The summed E-state index contributed by atoms with van der Waals surface area (Å²) in [5, 5.41) is 7.74. The Morgan fingerprint density at radius 3 is 2.25 bits per heavy atom. The molecule has 1 heterocycles. The summed E-state index contributed by atoms with van der Waals surface area (Å²) in [6, 6.07) is 31.8.